The number of hydrogen-bond acceptors (Lipinski definition) is 5. The molecule has 3 rings (SSSR count). The highest BCUT2D eigenvalue weighted by molar-refractivity contribution is 9.10. The molecule has 0 spiro atoms. The highest BCUT2D eigenvalue weighted by Crippen LogP contribution is 2.30. The molecule has 2 N–H and O–H groups in total. The van der Waals surface area contributed by atoms with E-state index in [1.807, 2.05) is 0 Å². The van der Waals surface area contributed by atoms with Crippen LogP contribution >= 0.6 is 15.9 Å². The van der Waals surface area contributed by atoms with Gasteiger partial charge in [-0.05, 0) is 36.8 Å². The van der Waals surface area contributed by atoms with Crippen molar-refractivity contribution in [3.05, 3.63) is 75.9 Å². The fraction of sp³-hybridized carbons (Fsp3) is 0.200. The average molecular weight is 479 g/mol. The zero-order valence-electron chi connectivity index (χ0n) is 15.5. The molecule has 0 aliphatic carbocycles. The summed E-state index contributed by atoms with van der Waals surface area (Å²) >= 11 is 3.37. The van der Waals surface area contributed by atoms with Gasteiger partial charge in [-0.15, -0.1) is 0 Å². The second-order valence-electron chi connectivity index (χ2n) is 6.27. The van der Waals surface area contributed by atoms with E-state index >= 15 is 0 Å². The number of esters is 1. The summed E-state index contributed by atoms with van der Waals surface area (Å²) in [5, 5.41) is 5.16. The van der Waals surface area contributed by atoms with E-state index in [1.54, 1.807) is 49.4 Å². The van der Waals surface area contributed by atoms with Crippen LogP contribution in [0.25, 0.3) is 0 Å². The highest BCUT2D eigenvalue weighted by atomic mass is 79.9. The first kappa shape index (κ1) is 21.1. The van der Waals surface area contributed by atoms with Crippen LogP contribution in [-0.2, 0) is 19.4 Å². The van der Waals surface area contributed by atoms with E-state index in [0.717, 1.165) is 4.47 Å². The molecule has 1 heterocycles. The van der Waals surface area contributed by atoms with Gasteiger partial charge in [0.2, 0.25) is 0 Å². The molecule has 1 aliphatic rings. The smallest absolute Gasteiger partial charge is 0.338 e. The third-order valence-electron chi connectivity index (χ3n) is 4.27. The van der Waals surface area contributed by atoms with E-state index in [1.165, 1.54) is 12.1 Å². The standard InChI is InChI=1S/C20H19BrN2O5S/c1-2-28-19(24)17-16(12-29(26,27)15-9-4-3-5-10-15)22-20(25)23-18(17)13-7-6-8-14(21)11-13/h3-11,18H,2,12H2,1H3,(H2,22,23,25)/t18-/m0/s1. The van der Waals surface area contributed by atoms with Gasteiger partial charge < -0.3 is 15.4 Å². The van der Waals surface area contributed by atoms with Crippen LogP contribution in [0.3, 0.4) is 0 Å². The van der Waals surface area contributed by atoms with Gasteiger partial charge in [0.25, 0.3) is 0 Å². The van der Waals surface area contributed by atoms with Crippen molar-refractivity contribution in [3.63, 3.8) is 0 Å². The van der Waals surface area contributed by atoms with Crippen LogP contribution in [0.2, 0.25) is 0 Å². The number of ether oxygens (including phenoxy) is 1. The van der Waals surface area contributed by atoms with Crippen molar-refractivity contribution in [1.29, 1.82) is 0 Å². The Balaban J connectivity index is 2.11. The van der Waals surface area contributed by atoms with Gasteiger partial charge in [0, 0.05) is 10.2 Å². The Morgan fingerprint density at radius 2 is 1.86 bits per heavy atom. The topological polar surface area (TPSA) is 102 Å². The first-order chi connectivity index (χ1) is 13.8. The van der Waals surface area contributed by atoms with Crippen molar-refractivity contribution in [2.45, 2.75) is 17.9 Å². The summed E-state index contributed by atoms with van der Waals surface area (Å²) < 4.78 is 31.6. The summed E-state index contributed by atoms with van der Waals surface area (Å²) in [6, 6.07) is 13.5. The molecule has 0 radical (unpaired) electrons. The summed E-state index contributed by atoms with van der Waals surface area (Å²) in [5.74, 6) is -1.23. The van der Waals surface area contributed by atoms with E-state index in [9.17, 15) is 18.0 Å². The van der Waals surface area contributed by atoms with E-state index in [4.69, 9.17) is 4.74 Å². The van der Waals surface area contributed by atoms with E-state index in [2.05, 4.69) is 26.6 Å². The largest absolute Gasteiger partial charge is 0.463 e. The predicted octanol–water partition coefficient (Wildman–Crippen LogP) is 3.09. The number of carbonyl (C=O) groups is 2. The summed E-state index contributed by atoms with van der Waals surface area (Å²) in [7, 11) is -3.80. The third-order valence-corrected chi connectivity index (χ3v) is 6.42. The van der Waals surface area contributed by atoms with Gasteiger partial charge in [0.1, 0.15) is 0 Å². The number of amides is 2. The van der Waals surface area contributed by atoms with Crippen molar-refractivity contribution < 1.29 is 22.7 Å². The first-order valence-electron chi connectivity index (χ1n) is 8.82. The van der Waals surface area contributed by atoms with Gasteiger partial charge in [-0.1, -0.05) is 46.3 Å². The molecule has 7 nitrogen and oxygen atoms in total. The van der Waals surface area contributed by atoms with Crippen molar-refractivity contribution >= 4 is 37.8 Å². The van der Waals surface area contributed by atoms with E-state index < -0.39 is 33.6 Å². The zero-order chi connectivity index (χ0) is 21.0. The maximum atomic E-state index is 12.9. The molecule has 0 saturated heterocycles. The van der Waals surface area contributed by atoms with E-state index in [-0.39, 0.29) is 22.8 Å². The van der Waals surface area contributed by atoms with Gasteiger partial charge in [-0.25, -0.2) is 18.0 Å². The Bertz CT molecular complexity index is 1070. The van der Waals surface area contributed by atoms with Crippen LogP contribution in [0.4, 0.5) is 4.79 Å². The summed E-state index contributed by atoms with van der Waals surface area (Å²) in [4.78, 5) is 25.1. The molecule has 0 saturated carbocycles. The second-order valence-corrected chi connectivity index (χ2v) is 9.18. The Morgan fingerprint density at radius 3 is 2.52 bits per heavy atom. The lowest BCUT2D eigenvalue weighted by molar-refractivity contribution is -0.139. The lowest BCUT2D eigenvalue weighted by atomic mass is 9.95. The van der Waals surface area contributed by atoms with Crippen molar-refractivity contribution in [2.75, 3.05) is 12.4 Å². The molecule has 2 aromatic carbocycles. The molecule has 29 heavy (non-hydrogen) atoms. The number of benzene rings is 2. The van der Waals surface area contributed by atoms with Crippen LogP contribution in [0.15, 0.2) is 75.2 Å². The van der Waals surface area contributed by atoms with Gasteiger partial charge in [-0.3, -0.25) is 0 Å². The molecule has 0 unspecified atom stereocenters. The molecule has 0 fully saturated rings. The highest BCUT2D eigenvalue weighted by Gasteiger charge is 2.35. The number of halogens is 1. The molecular weight excluding hydrogens is 460 g/mol. The summed E-state index contributed by atoms with van der Waals surface area (Å²) in [6.45, 7) is 1.77. The monoisotopic (exact) mass is 478 g/mol. The van der Waals surface area contributed by atoms with Crippen molar-refractivity contribution in [3.8, 4) is 0 Å². The average Bonchev–Trinajstić information content (AvgIpc) is 2.68. The molecular formula is C20H19BrN2O5S. The molecule has 1 atom stereocenters. The van der Waals surface area contributed by atoms with Gasteiger partial charge in [0.05, 0.1) is 28.9 Å². The summed E-state index contributed by atoms with van der Waals surface area (Å²) in [5.41, 5.74) is 0.678. The minimum Gasteiger partial charge on any atom is -0.463 e. The molecule has 2 aromatic rings. The number of sulfone groups is 1. The number of urea groups is 1. The normalized spacial score (nSPS) is 16.8. The number of carbonyl (C=O) groups excluding carboxylic acids is 2. The van der Waals surface area contributed by atoms with Crippen LogP contribution in [0.1, 0.15) is 18.5 Å². The maximum absolute atomic E-state index is 12.9. The lowest BCUT2D eigenvalue weighted by Crippen LogP contribution is -2.47. The van der Waals surface area contributed by atoms with Gasteiger partial charge in [0.15, 0.2) is 9.84 Å². The maximum Gasteiger partial charge on any atom is 0.338 e. The molecule has 9 heteroatoms. The number of hydrogen-bond donors (Lipinski definition) is 2. The zero-order valence-corrected chi connectivity index (χ0v) is 17.9. The molecule has 152 valence electrons. The van der Waals surface area contributed by atoms with Gasteiger partial charge in [-0.2, -0.15) is 0 Å². The van der Waals surface area contributed by atoms with E-state index in [0.29, 0.717) is 5.56 Å². The fourth-order valence-corrected chi connectivity index (χ4v) is 4.78. The minimum absolute atomic E-state index is 0.000952. The van der Waals surface area contributed by atoms with Crippen LogP contribution < -0.4 is 10.6 Å². The van der Waals surface area contributed by atoms with Gasteiger partial charge >= 0.3 is 12.0 Å². The summed E-state index contributed by atoms with van der Waals surface area (Å²) in [6.07, 6.45) is 0. The van der Waals surface area contributed by atoms with Crippen LogP contribution in [0, 0.1) is 0 Å². The fourth-order valence-electron chi connectivity index (χ4n) is 3.02. The Kier molecular flexibility index (Phi) is 6.39. The molecule has 0 bridgehead atoms. The quantitative estimate of drug-likeness (QED) is 0.621. The predicted molar refractivity (Wildman–Crippen MR) is 111 cm³/mol. The molecule has 1 aliphatic heterocycles. The lowest BCUT2D eigenvalue weighted by Gasteiger charge is -2.29. The number of rotatable bonds is 6. The molecule has 2 amide bonds. The third kappa shape index (κ3) is 4.86. The Morgan fingerprint density at radius 1 is 1.14 bits per heavy atom. The Labute approximate surface area is 177 Å². The minimum atomic E-state index is -3.80. The van der Waals surface area contributed by atoms with Crippen molar-refractivity contribution in [2.24, 2.45) is 0 Å². The Hall–Kier alpha value is -2.65. The SMILES string of the molecule is CCOC(=O)C1=C(CS(=O)(=O)c2ccccc2)NC(=O)N[C@H]1c1cccc(Br)c1. The molecule has 0 aromatic heterocycles. The second kappa shape index (κ2) is 8.79. The van der Waals surface area contributed by atoms with Crippen molar-refractivity contribution in [1.82, 2.24) is 10.6 Å². The van der Waals surface area contributed by atoms with Crippen LogP contribution in [-0.4, -0.2) is 32.8 Å². The number of nitrogens with one attached hydrogen (secondary N) is 2. The first-order valence-corrected chi connectivity index (χ1v) is 11.3. The van der Waals surface area contributed by atoms with Crippen LogP contribution in [0.5, 0.6) is 0 Å².